The first-order chi connectivity index (χ1) is 8.19. The highest BCUT2D eigenvalue weighted by molar-refractivity contribution is 6.09. The van der Waals surface area contributed by atoms with Gasteiger partial charge in [-0.3, -0.25) is 4.79 Å². The monoisotopic (exact) mass is 226 g/mol. The number of nitrogens with zero attached hydrogens (tertiary/aromatic N) is 2. The van der Waals surface area contributed by atoms with Crippen LogP contribution in [0.2, 0.25) is 0 Å². The largest absolute Gasteiger partial charge is 0.350 e. The van der Waals surface area contributed by atoms with Crippen molar-refractivity contribution in [3.8, 4) is 6.07 Å². The number of hydrogen-bond acceptors (Lipinski definition) is 2. The van der Waals surface area contributed by atoms with E-state index in [4.69, 9.17) is 5.26 Å². The minimum absolute atomic E-state index is 0.0770. The van der Waals surface area contributed by atoms with Gasteiger partial charge in [-0.2, -0.15) is 5.26 Å². The van der Waals surface area contributed by atoms with Gasteiger partial charge in [0.25, 0.3) is 0 Å². The topological polar surface area (TPSA) is 45.8 Å². The van der Waals surface area contributed by atoms with Crippen LogP contribution in [0.25, 0.3) is 10.9 Å². The maximum absolute atomic E-state index is 12.2. The molecular formula is C14H14N2O. The number of ketones is 1. The summed E-state index contributed by atoms with van der Waals surface area (Å²) in [7, 11) is 1.91. The summed E-state index contributed by atoms with van der Waals surface area (Å²) < 4.78 is 1.92. The number of aromatic nitrogens is 1. The standard InChI is InChI=1S/C14H14N2O/c1-3-10(8-15)14(17)12-9-16(2)13-7-5-4-6-11(12)13/h4-7,9-10H,3H2,1-2H3. The Morgan fingerprint density at radius 3 is 2.82 bits per heavy atom. The molecule has 1 aromatic carbocycles. The number of hydrogen-bond donors (Lipinski definition) is 0. The van der Waals surface area contributed by atoms with Gasteiger partial charge in [0.2, 0.25) is 0 Å². The van der Waals surface area contributed by atoms with Gasteiger partial charge in [0.05, 0.1) is 6.07 Å². The van der Waals surface area contributed by atoms with Gasteiger partial charge < -0.3 is 4.57 Å². The smallest absolute Gasteiger partial charge is 0.182 e. The average Bonchev–Trinajstić information content (AvgIpc) is 2.69. The van der Waals surface area contributed by atoms with E-state index in [9.17, 15) is 4.79 Å². The second-order valence-corrected chi connectivity index (χ2v) is 4.13. The molecule has 3 nitrogen and oxygen atoms in total. The number of rotatable bonds is 3. The molecule has 1 aromatic heterocycles. The minimum atomic E-state index is -0.541. The van der Waals surface area contributed by atoms with Crippen molar-refractivity contribution in [3.05, 3.63) is 36.0 Å². The molecule has 1 atom stereocenters. The lowest BCUT2D eigenvalue weighted by Gasteiger charge is -2.03. The lowest BCUT2D eigenvalue weighted by Crippen LogP contribution is -2.11. The molecule has 0 aliphatic heterocycles. The summed E-state index contributed by atoms with van der Waals surface area (Å²) in [6.07, 6.45) is 2.37. The van der Waals surface area contributed by atoms with Crippen molar-refractivity contribution in [1.82, 2.24) is 4.57 Å². The van der Waals surface area contributed by atoms with Crippen molar-refractivity contribution in [3.63, 3.8) is 0 Å². The molecular weight excluding hydrogens is 212 g/mol. The van der Waals surface area contributed by atoms with Gasteiger partial charge in [-0.15, -0.1) is 0 Å². The van der Waals surface area contributed by atoms with Crippen molar-refractivity contribution >= 4 is 16.7 Å². The number of benzene rings is 1. The summed E-state index contributed by atoms with van der Waals surface area (Å²) in [6.45, 7) is 1.86. The second-order valence-electron chi connectivity index (χ2n) is 4.13. The quantitative estimate of drug-likeness (QED) is 0.755. The Hall–Kier alpha value is -2.08. The number of aryl methyl sites for hydroxylation is 1. The molecule has 0 fully saturated rings. The van der Waals surface area contributed by atoms with Crippen LogP contribution in [0.15, 0.2) is 30.5 Å². The Kier molecular flexibility index (Phi) is 2.97. The first-order valence-corrected chi connectivity index (χ1v) is 5.67. The number of carbonyl (C=O) groups excluding carboxylic acids is 1. The molecule has 17 heavy (non-hydrogen) atoms. The van der Waals surface area contributed by atoms with E-state index in [-0.39, 0.29) is 5.78 Å². The number of fused-ring (bicyclic) bond motifs is 1. The Labute approximate surface area is 100 Å². The van der Waals surface area contributed by atoms with E-state index in [1.165, 1.54) is 0 Å². The highest BCUT2D eigenvalue weighted by Gasteiger charge is 2.21. The first kappa shape index (κ1) is 11.4. The Balaban J connectivity index is 2.57. The van der Waals surface area contributed by atoms with Crippen LogP contribution in [0.4, 0.5) is 0 Å². The van der Waals surface area contributed by atoms with Crippen LogP contribution in [-0.4, -0.2) is 10.4 Å². The number of nitriles is 1. The third kappa shape index (κ3) is 1.83. The van der Waals surface area contributed by atoms with E-state index in [2.05, 4.69) is 6.07 Å². The first-order valence-electron chi connectivity index (χ1n) is 5.67. The Bertz CT molecular complexity index is 604. The van der Waals surface area contributed by atoms with Crippen molar-refractivity contribution in [1.29, 1.82) is 5.26 Å². The molecule has 2 rings (SSSR count). The van der Waals surface area contributed by atoms with Crippen LogP contribution in [0.5, 0.6) is 0 Å². The van der Waals surface area contributed by atoms with Crippen molar-refractivity contribution in [2.75, 3.05) is 0 Å². The van der Waals surface area contributed by atoms with Gasteiger partial charge in [-0.25, -0.2) is 0 Å². The fraction of sp³-hybridized carbons (Fsp3) is 0.286. The van der Waals surface area contributed by atoms with Gasteiger partial charge in [0.15, 0.2) is 5.78 Å². The van der Waals surface area contributed by atoms with Crippen LogP contribution < -0.4 is 0 Å². The number of para-hydroxylation sites is 1. The SMILES string of the molecule is CCC(C#N)C(=O)c1cn(C)c2ccccc12. The van der Waals surface area contributed by atoms with E-state index in [1.54, 1.807) is 0 Å². The van der Waals surface area contributed by atoms with Crippen molar-refractivity contribution < 1.29 is 4.79 Å². The summed E-state index contributed by atoms with van der Waals surface area (Å²) >= 11 is 0. The molecule has 0 aliphatic carbocycles. The van der Waals surface area contributed by atoms with Gasteiger partial charge in [0, 0.05) is 29.7 Å². The molecule has 86 valence electrons. The molecule has 0 saturated heterocycles. The molecule has 0 amide bonds. The van der Waals surface area contributed by atoms with Crippen LogP contribution in [0, 0.1) is 17.2 Å². The summed E-state index contributed by atoms with van der Waals surface area (Å²) in [5.74, 6) is -0.618. The molecule has 2 aromatic rings. The molecule has 0 spiro atoms. The Morgan fingerprint density at radius 2 is 2.18 bits per heavy atom. The fourth-order valence-electron chi connectivity index (χ4n) is 2.06. The van der Waals surface area contributed by atoms with Crippen molar-refractivity contribution in [2.45, 2.75) is 13.3 Å². The van der Waals surface area contributed by atoms with E-state index in [0.717, 1.165) is 10.9 Å². The third-order valence-corrected chi connectivity index (χ3v) is 3.04. The molecule has 0 aliphatic rings. The minimum Gasteiger partial charge on any atom is -0.350 e. The molecule has 3 heteroatoms. The number of carbonyl (C=O) groups is 1. The van der Waals surface area contributed by atoms with Crippen LogP contribution in [0.1, 0.15) is 23.7 Å². The average molecular weight is 226 g/mol. The molecule has 1 heterocycles. The Morgan fingerprint density at radius 1 is 1.47 bits per heavy atom. The van der Waals surface area contributed by atoms with Crippen molar-refractivity contribution in [2.24, 2.45) is 13.0 Å². The fourth-order valence-corrected chi connectivity index (χ4v) is 2.06. The van der Waals surface area contributed by atoms with E-state index >= 15 is 0 Å². The number of Topliss-reactive ketones (excluding diaryl/α,β-unsaturated/α-hetero) is 1. The molecule has 0 bridgehead atoms. The summed E-state index contributed by atoms with van der Waals surface area (Å²) in [4.78, 5) is 12.2. The van der Waals surface area contributed by atoms with Gasteiger partial charge >= 0.3 is 0 Å². The highest BCUT2D eigenvalue weighted by Crippen LogP contribution is 2.23. The molecule has 0 saturated carbocycles. The maximum Gasteiger partial charge on any atom is 0.182 e. The zero-order valence-corrected chi connectivity index (χ0v) is 9.97. The normalized spacial score (nSPS) is 12.3. The zero-order chi connectivity index (χ0) is 12.4. The predicted molar refractivity (Wildman–Crippen MR) is 66.6 cm³/mol. The van der Waals surface area contributed by atoms with Crippen LogP contribution in [0.3, 0.4) is 0 Å². The second kappa shape index (κ2) is 4.42. The highest BCUT2D eigenvalue weighted by atomic mass is 16.1. The zero-order valence-electron chi connectivity index (χ0n) is 9.97. The summed E-state index contributed by atoms with van der Waals surface area (Å²) in [6, 6.07) is 9.81. The van der Waals surface area contributed by atoms with Crippen LogP contribution >= 0.6 is 0 Å². The van der Waals surface area contributed by atoms with Gasteiger partial charge in [-0.05, 0) is 12.5 Å². The van der Waals surface area contributed by atoms with E-state index in [1.807, 2.05) is 49.0 Å². The summed E-state index contributed by atoms with van der Waals surface area (Å²) in [5.41, 5.74) is 1.67. The predicted octanol–water partition coefficient (Wildman–Crippen LogP) is 2.91. The van der Waals surface area contributed by atoms with Gasteiger partial charge in [-0.1, -0.05) is 25.1 Å². The van der Waals surface area contributed by atoms with E-state index < -0.39 is 5.92 Å². The molecule has 0 radical (unpaired) electrons. The van der Waals surface area contributed by atoms with E-state index in [0.29, 0.717) is 12.0 Å². The molecule has 0 N–H and O–H groups in total. The summed E-state index contributed by atoms with van der Waals surface area (Å²) in [5, 5.41) is 9.88. The van der Waals surface area contributed by atoms with Crippen LogP contribution in [-0.2, 0) is 7.05 Å². The molecule has 1 unspecified atom stereocenters. The third-order valence-electron chi connectivity index (χ3n) is 3.04. The maximum atomic E-state index is 12.2. The lowest BCUT2D eigenvalue weighted by atomic mass is 9.96. The van der Waals surface area contributed by atoms with Gasteiger partial charge in [0.1, 0.15) is 5.92 Å². The lowest BCUT2D eigenvalue weighted by molar-refractivity contribution is 0.0948.